The van der Waals surface area contributed by atoms with Gasteiger partial charge in [0.1, 0.15) is 11.5 Å². The molecule has 2 rings (SSSR count). The molecule has 0 heterocycles. The first-order valence-electron chi connectivity index (χ1n) is 15.0. The summed E-state index contributed by atoms with van der Waals surface area (Å²) in [5.41, 5.74) is -3.82. The van der Waals surface area contributed by atoms with E-state index in [9.17, 15) is 149 Å². The van der Waals surface area contributed by atoms with Crippen molar-refractivity contribution in [3.63, 3.8) is 0 Å². The minimum atomic E-state index is -8.87. The number of rotatable bonds is 16. The molecule has 65 heavy (non-hydrogen) atoms. The lowest BCUT2D eigenvalue weighted by atomic mass is 9.90. The lowest BCUT2D eigenvalue weighted by Crippen LogP contribution is -2.72. The van der Waals surface area contributed by atoms with Gasteiger partial charge in [0.15, 0.2) is 11.7 Å². The summed E-state index contributed by atoms with van der Waals surface area (Å²) in [5, 5.41) is 0. The molecule has 1 nitrogen and oxygen atoms in total. The average molecular weight is 1030 g/mol. The van der Waals surface area contributed by atoms with E-state index in [4.69, 9.17) is 4.74 Å². The van der Waals surface area contributed by atoms with Gasteiger partial charge in [-0.05, 0) is 48.5 Å². The Kier molecular flexibility index (Phi) is 13.9. The summed E-state index contributed by atoms with van der Waals surface area (Å²) >= 11 is 0. The van der Waals surface area contributed by atoms with Crippen molar-refractivity contribution in [3.05, 3.63) is 71.3 Å². The summed E-state index contributed by atoms with van der Waals surface area (Å²) in [7, 11) is 0. The lowest BCUT2D eigenvalue weighted by Gasteiger charge is -2.41. The average Bonchev–Trinajstić information content (AvgIpc) is 3.15. The molecule has 0 aliphatic rings. The molecule has 0 unspecified atom stereocenters. The molecule has 0 amide bonds. The normalized spacial score (nSPS) is 16.3. The molecule has 0 saturated heterocycles. The number of allylic oxidation sites excluding steroid dienone is 2. The van der Waals surface area contributed by atoms with Gasteiger partial charge in [-0.1, -0.05) is 0 Å². The SMILES string of the molecule is FC(=C(F)C(F)(F)C(F)(F)C(F)(F)C(F)(F)C(F)(F)C(F)(F)C(F)(F)F)c1ccc(Oc2ccc(C(F)=C(F)C(F)(F)C(F)(F)C(F)(F)C(F)(F)C(F)(F)C(F)(F)C(F)(F)F)cc2)cc1. The Morgan fingerprint density at radius 1 is 0.262 bits per heavy atom. The van der Waals surface area contributed by atoms with E-state index < -0.39 is 129 Å². The molecule has 0 spiro atoms. The zero-order chi connectivity index (χ0) is 52.0. The molecule has 0 N–H and O–H groups in total. The van der Waals surface area contributed by atoms with E-state index in [1.807, 2.05) is 0 Å². The standard InChI is InChI=1S/C30H8F34O/c31-13(15(33)17(35,36)19(39,40)21(43,44)23(47,48)25(51,52)27(55,56)29(59,60)61)9-1-5-11(6-2-9)65-12-7-3-10(4-8-12)14(32)16(34)18(37,38)20(41,42)22(45,46)24(49,50)26(53,54)28(57,58)30(62,63)64/h1-8H. The fourth-order valence-electron chi connectivity index (χ4n) is 4.21. The van der Waals surface area contributed by atoms with Crippen LogP contribution in [0.4, 0.5) is 149 Å². The second-order valence-corrected chi connectivity index (χ2v) is 12.3. The summed E-state index contributed by atoms with van der Waals surface area (Å²) in [4.78, 5) is 0. The van der Waals surface area contributed by atoms with Gasteiger partial charge in [0, 0.05) is 11.1 Å². The molecular weight excluding hydrogens is 1020 g/mol. The molecular formula is C30H8F34O. The summed E-state index contributed by atoms with van der Waals surface area (Å²) in [6.07, 6.45) is -15.9. The van der Waals surface area contributed by atoms with Crippen LogP contribution in [0.5, 0.6) is 11.5 Å². The molecule has 2 aromatic rings. The van der Waals surface area contributed by atoms with E-state index in [0.29, 0.717) is 0 Å². The zero-order valence-electron chi connectivity index (χ0n) is 28.9. The molecule has 0 fully saturated rings. The van der Waals surface area contributed by atoms with Crippen molar-refractivity contribution in [3.8, 4) is 11.5 Å². The summed E-state index contributed by atoms with van der Waals surface area (Å²) in [5.74, 6) is -121. The van der Waals surface area contributed by atoms with Gasteiger partial charge in [-0.25, -0.2) is 17.6 Å². The molecule has 0 saturated carbocycles. The van der Waals surface area contributed by atoms with E-state index in [1.54, 1.807) is 0 Å². The lowest BCUT2D eigenvalue weighted by molar-refractivity contribution is -0.450. The van der Waals surface area contributed by atoms with E-state index in [1.165, 1.54) is 0 Å². The second kappa shape index (κ2) is 16.0. The van der Waals surface area contributed by atoms with Gasteiger partial charge in [-0.2, -0.15) is 132 Å². The van der Waals surface area contributed by atoms with Crippen molar-refractivity contribution < 1.29 is 154 Å². The third kappa shape index (κ3) is 8.09. The number of hydrogen-bond acceptors (Lipinski definition) is 1. The maximum absolute atomic E-state index is 14.4. The predicted molar refractivity (Wildman–Crippen MR) is 143 cm³/mol. The minimum absolute atomic E-state index is 0.127. The van der Waals surface area contributed by atoms with Crippen LogP contribution in [0.3, 0.4) is 0 Å². The maximum Gasteiger partial charge on any atom is 0.460 e. The van der Waals surface area contributed by atoms with Crippen molar-refractivity contribution in [2.24, 2.45) is 0 Å². The van der Waals surface area contributed by atoms with E-state index in [-0.39, 0.29) is 48.5 Å². The summed E-state index contributed by atoms with van der Waals surface area (Å²) in [6, 6.07) is -0.116. The van der Waals surface area contributed by atoms with Gasteiger partial charge in [0.05, 0.1) is 0 Å². The van der Waals surface area contributed by atoms with Crippen LogP contribution in [0.2, 0.25) is 0 Å². The molecule has 0 aromatic heterocycles. The van der Waals surface area contributed by atoms with E-state index in [2.05, 4.69) is 0 Å². The second-order valence-electron chi connectivity index (χ2n) is 12.3. The highest BCUT2D eigenvalue weighted by molar-refractivity contribution is 5.64. The first-order valence-corrected chi connectivity index (χ1v) is 15.0. The summed E-state index contributed by atoms with van der Waals surface area (Å²) in [6.45, 7) is 0. The Balaban J connectivity index is 2.47. The Labute approximate surface area is 332 Å². The van der Waals surface area contributed by atoms with Crippen molar-refractivity contribution >= 4 is 11.7 Å². The van der Waals surface area contributed by atoms with Crippen molar-refractivity contribution in [2.45, 2.75) is 83.4 Å². The molecule has 372 valence electrons. The Morgan fingerprint density at radius 3 is 0.646 bits per heavy atom. The van der Waals surface area contributed by atoms with Crippen molar-refractivity contribution in [2.75, 3.05) is 0 Å². The molecule has 0 radical (unpaired) electrons. The number of alkyl halides is 30. The van der Waals surface area contributed by atoms with Gasteiger partial charge in [0.25, 0.3) is 0 Å². The zero-order valence-corrected chi connectivity index (χ0v) is 28.9. The Morgan fingerprint density at radius 2 is 0.446 bits per heavy atom. The third-order valence-electron chi connectivity index (χ3n) is 8.04. The van der Waals surface area contributed by atoms with Gasteiger partial charge in [0.2, 0.25) is 11.7 Å². The Hall–Kier alpha value is -4.66. The molecule has 2 aromatic carbocycles. The van der Waals surface area contributed by atoms with Crippen LogP contribution in [0.25, 0.3) is 11.7 Å². The first-order chi connectivity index (χ1) is 28.3. The highest BCUT2D eigenvalue weighted by Gasteiger charge is 2.95. The van der Waals surface area contributed by atoms with Crippen LogP contribution in [-0.2, 0) is 0 Å². The fraction of sp³-hybridized carbons (Fsp3) is 0.467. The highest BCUT2D eigenvalue weighted by atomic mass is 19.4. The molecule has 0 aliphatic heterocycles. The third-order valence-corrected chi connectivity index (χ3v) is 8.04. The number of ether oxygens (including phenoxy) is 1. The van der Waals surface area contributed by atoms with Crippen LogP contribution in [0, 0.1) is 0 Å². The van der Waals surface area contributed by atoms with Crippen LogP contribution in [-0.4, -0.2) is 83.4 Å². The topological polar surface area (TPSA) is 9.23 Å². The molecule has 35 heteroatoms. The first kappa shape index (κ1) is 56.5. The van der Waals surface area contributed by atoms with E-state index in [0.717, 1.165) is 0 Å². The molecule has 0 atom stereocenters. The maximum atomic E-state index is 14.4. The monoisotopic (exact) mass is 1030 g/mol. The van der Waals surface area contributed by atoms with Crippen LogP contribution >= 0.6 is 0 Å². The van der Waals surface area contributed by atoms with Crippen molar-refractivity contribution in [1.82, 2.24) is 0 Å². The smallest absolute Gasteiger partial charge is 0.457 e. The predicted octanol–water partition coefficient (Wildman–Crippen LogP) is 15.4. The van der Waals surface area contributed by atoms with Gasteiger partial charge >= 0.3 is 83.4 Å². The summed E-state index contributed by atoms with van der Waals surface area (Å²) < 4.78 is 463. The van der Waals surface area contributed by atoms with Gasteiger partial charge < -0.3 is 4.74 Å². The Bertz CT molecular complexity index is 1950. The van der Waals surface area contributed by atoms with Crippen LogP contribution in [0.15, 0.2) is 60.2 Å². The highest BCUT2D eigenvalue weighted by Crippen LogP contribution is 2.65. The fourth-order valence-corrected chi connectivity index (χ4v) is 4.21. The van der Waals surface area contributed by atoms with Gasteiger partial charge in [-0.3, -0.25) is 0 Å². The number of hydrogen-bond donors (Lipinski definition) is 0. The molecule has 0 aliphatic carbocycles. The van der Waals surface area contributed by atoms with Gasteiger partial charge in [-0.15, -0.1) is 0 Å². The largest absolute Gasteiger partial charge is 0.460 e. The van der Waals surface area contributed by atoms with Crippen molar-refractivity contribution in [1.29, 1.82) is 0 Å². The quantitative estimate of drug-likeness (QED) is 0.152. The van der Waals surface area contributed by atoms with Crippen LogP contribution < -0.4 is 4.74 Å². The van der Waals surface area contributed by atoms with Crippen LogP contribution in [0.1, 0.15) is 11.1 Å². The van der Waals surface area contributed by atoms with E-state index >= 15 is 0 Å². The minimum Gasteiger partial charge on any atom is -0.457 e. The number of halogens is 34. The number of benzene rings is 2. The molecule has 0 bridgehead atoms.